The number of piperidine rings is 1. The first kappa shape index (κ1) is 14.9. The van der Waals surface area contributed by atoms with Crippen LogP contribution in [0.15, 0.2) is 16.5 Å². The fourth-order valence-corrected chi connectivity index (χ4v) is 2.98. The lowest BCUT2D eigenvalue weighted by Gasteiger charge is -2.37. The van der Waals surface area contributed by atoms with Crippen LogP contribution in [-0.2, 0) is 6.54 Å². The monoisotopic (exact) mass is 303 g/mol. The van der Waals surface area contributed by atoms with Gasteiger partial charge in [0, 0.05) is 25.6 Å². The number of hydrogen-bond acceptors (Lipinski definition) is 7. The Morgan fingerprint density at radius 1 is 1.27 bits per heavy atom. The highest BCUT2D eigenvalue weighted by molar-refractivity contribution is 5.12. The van der Waals surface area contributed by atoms with Crippen molar-refractivity contribution in [2.24, 2.45) is 0 Å². The maximum Gasteiger partial charge on any atom is 0.233 e. The van der Waals surface area contributed by atoms with Gasteiger partial charge in [0.25, 0.3) is 0 Å². The van der Waals surface area contributed by atoms with Gasteiger partial charge in [0.05, 0.1) is 18.7 Å². The summed E-state index contributed by atoms with van der Waals surface area (Å²) >= 11 is 0. The summed E-state index contributed by atoms with van der Waals surface area (Å²) in [6, 6.07) is 4.13. The van der Waals surface area contributed by atoms with Gasteiger partial charge in [0.2, 0.25) is 17.7 Å². The van der Waals surface area contributed by atoms with Gasteiger partial charge in [0.1, 0.15) is 0 Å². The average Bonchev–Trinajstić information content (AvgIpc) is 2.96. The maximum absolute atomic E-state index is 5.63. The molecule has 3 heterocycles. The molecule has 0 N–H and O–H groups in total. The number of likely N-dealkylation sites (tertiary alicyclic amines) is 1. The Bertz CT molecular complexity index is 613. The Balaban J connectivity index is 1.70. The van der Waals surface area contributed by atoms with Gasteiger partial charge < -0.3 is 9.15 Å². The van der Waals surface area contributed by atoms with Gasteiger partial charge in [-0.15, -0.1) is 15.3 Å². The summed E-state index contributed by atoms with van der Waals surface area (Å²) in [6.45, 7) is 5.84. The normalized spacial score (nSPS) is 22.7. The zero-order valence-electron chi connectivity index (χ0n) is 13.2. The summed E-state index contributed by atoms with van der Waals surface area (Å²) in [7, 11) is 1.59. The summed E-state index contributed by atoms with van der Waals surface area (Å²) < 4.78 is 10.7. The van der Waals surface area contributed by atoms with Gasteiger partial charge in [-0.3, -0.25) is 4.90 Å². The van der Waals surface area contributed by atoms with Crippen LogP contribution in [0.4, 0.5) is 0 Å². The molecule has 0 unspecified atom stereocenters. The van der Waals surface area contributed by atoms with Crippen molar-refractivity contribution in [2.75, 3.05) is 13.7 Å². The molecule has 22 heavy (non-hydrogen) atoms. The zero-order valence-corrected chi connectivity index (χ0v) is 13.2. The highest BCUT2D eigenvalue weighted by atomic mass is 16.5. The van der Waals surface area contributed by atoms with Crippen LogP contribution in [0.5, 0.6) is 5.88 Å². The number of aromatic nitrogens is 4. The van der Waals surface area contributed by atoms with Crippen molar-refractivity contribution in [1.82, 2.24) is 25.3 Å². The predicted molar refractivity (Wildman–Crippen MR) is 79.5 cm³/mol. The van der Waals surface area contributed by atoms with Crippen molar-refractivity contribution >= 4 is 0 Å². The van der Waals surface area contributed by atoms with Gasteiger partial charge in [-0.2, -0.15) is 5.10 Å². The molecule has 0 radical (unpaired) electrons. The van der Waals surface area contributed by atoms with Gasteiger partial charge in [-0.1, -0.05) is 0 Å². The summed E-state index contributed by atoms with van der Waals surface area (Å²) in [5.74, 6) is 2.19. The summed E-state index contributed by atoms with van der Waals surface area (Å²) in [5, 5.41) is 16.4. The average molecular weight is 303 g/mol. The zero-order chi connectivity index (χ0) is 15.5. The minimum absolute atomic E-state index is 0.279. The second-order valence-electron chi connectivity index (χ2n) is 5.69. The molecule has 2 aromatic heterocycles. The van der Waals surface area contributed by atoms with Gasteiger partial charge in [-0.25, -0.2) is 0 Å². The Hall–Kier alpha value is -2.02. The van der Waals surface area contributed by atoms with Crippen molar-refractivity contribution in [3.05, 3.63) is 29.6 Å². The standard InChI is InChI=1S/C15H21N5O2/c1-10-13(15-19-16-11(2)22-15)5-4-8-20(10)9-12-6-7-14(21-3)18-17-12/h6-7,10,13H,4-5,8-9H2,1-3H3/t10-,13-/m0/s1. The van der Waals surface area contributed by atoms with Crippen molar-refractivity contribution < 1.29 is 9.15 Å². The van der Waals surface area contributed by atoms with Gasteiger partial charge >= 0.3 is 0 Å². The fourth-order valence-electron chi connectivity index (χ4n) is 2.98. The highest BCUT2D eigenvalue weighted by Crippen LogP contribution is 2.32. The van der Waals surface area contributed by atoms with Crippen molar-refractivity contribution in [3.8, 4) is 5.88 Å². The third kappa shape index (κ3) is 3.09. The maximum atomic E-state index is 5.63. The molecular weight excluding hydrogens is 282 g/mol. The van der Waals surface area contributed by atoms with Crippen LogP contribution in [0.1, 0.15) is 43.2 Å². The van der Waals surface area contributed by atoms with E-state index >= 15 is 0 Å². The molecule has 1 aliphatic heterocycles. The molecule has 0 amide bonds. The van der Waals surface area contributed by atoms with Crippen LogP contribution in [0, 0.1) is 6.92 Å². The van der Waals surface area contributed by atoms with E-state index in [1.165, 1.54) is 0 Å². The largest absolute Gasteiger partial charge is 0.480 e. The quantitative estimate of drug-likeness (QED) is 0.854. The van der Waals surface area contributed by atoms with Gasteiger partial charge in [0.15, 0.2) is 0 Å². The predicted octanol–water partition coefficient (Wildman–Crippen LogP) is 1.94. The number of rotatable bonds is 4. The van der Waals surface area contributed by atoms with E-state index in [0.717, 1.165) is 37.5 Å². The molecule has 1 saturated heterocycles. The molecule has 7 heteroatoms. The van der Waals surface area contributed by atoms with E-state index in [1.54, 1.807) is 7.11 Å². The number of nitrogens with zero attached hydrogens (tertiary/aromatic N) is 5. The highest BCUT2D eigenvalue weighted by Gasteiger charge is 2.32. The molecule has 1 aliphatic rings. The molecule has 2 atom stereocenters. The second kappa shape index (κ2) is 6.39. The molecule has 0 spiro atoms. The van der Waals surface area contributed by atoms with Crippen LogP contribution < -0.4 is 4.74 Å². The van der Waals surface area contributed by atoms with Crippen LogP contribution in [0.2, 0.25) is 0 Å². The van der Waals surface area contributed by atoms with E-state index < -0.39 is 0 Å². The SMILES string of the molecule is COc1ccc(CN2CCC[C@H](c3nnc(C)o3)[C@@H]2C)nn1. The van der Waals surface area contributed by atoms with E-state index in [-0.39, 0.29) is 5.92 Å². The molecule has 0 bridgehead atoms. The number of hydrogen-bond donors (Lipinski definition) is 0. The van der Waals surface area contributed by atoms with Crippen molar-refractivity contribution in [1.29, 1.82) is 0 Å². The van der Waals surface area contributed by atoms with Crippen LogP contribution in [0.25, 0.3) is 0 Å². The van der Waals surface area contributed by atoms with Crippen LogP contribution >= 0.6 is 0 Å². The second-order valence-corrected chi connectivity index (χ2v) is 5.69. The Labute approximate surface area is 129 Å². The minimum Gasteiger partial charge on any atom is -0.480 e. The molecule has 1 fully saturated rings. The lowest BCUT2D eigenvalue weighted by Crippen LogP contribution is -2.42. The smallest absolute Gasteiger partial charge is 0.233 e. The molecule has 118 valence electrons. The number of ether oxygens (including phenoxy) is 1. The third-order valence-corrected chi connectivity index (χ3v) is 4.25. The lowest BCUT2D eigenvalue weighted by molar-refractivity contribution is 0.117. The first-order chi connectivity index (χ1) is 10.7. The molecule has 3 rings (SSSR count). The van der Waals surface area contributed by atoms with Crippen molar-refractivity contribution in [2.45, 2.75) is 45.2 Å². The van der Waals surface area contributed by atoms with Crippen LogP contribution in [0.3, 0.4) is 0 Å². The first-order valence-corrected chi connectivity index (χ1v) is 7.58. The molecule has 0 saturated carbocycles. The minimum atomic E-state index is 0.279. The van der Waals surface area contributed by atoms with E-state index in [9.17, 15) is 0 Å². The fraction of sp³-hybridized carbons (Fsp3) is 0.600. The summed E-state index contributed by atoms with van der Waals surface area (Å²) in [5.41, 5.74) is 0.940. The summed E-state index contributed by atoms with van der Waals surface area (Å²) in [4.78, 5) is 2.39. The topological polar surface area (TPSA) is 77.2 Å². The van der Waals surface area contributed by atoms with E-state index in [2.05, 4.69) is 32.2 Å². The first-order valence-electron chi connectivity index (χ1n) is 7.58. The van der Waals surface area contributed by atoms with E-state index in [4.69, 9.17) is 9.15 Å². The number of aryl methyl sites for hydroxylation is 1. The Morgan fingerprint density at radius 2 is 2.14 bits per heavy atom. The third-order valence-electron chi connectivity index (χ3n) is 4.25. The molecule has 0 aliphatic carbocycles. The summed E-state index contributed by atoms with van der Waals surface area (Å²) in [6.07, 6.45) is 2.19. The number of methoxy groups -OCH3 is 1. The van der Waals surface area contributed by atoms with Crippen LogP contribution in [-0.4, -0.2) is 45.0 Å². The molecular formula is C15H21N5O2. The van der Waals surface area contributed by atoms with Gasteiger partial charge in [-0.05, 0) is 32.4 Å². The van der Waals surface area contributed by atoms with Crippen molar-refractivity contribution in [3.63, 3.8) is 0 Å². The lowest BCUT2D eigenvalue weighted by atomic mass is 9.90. The van der Waals surface area contributed by atoms with E-state index in [0.29, 0.717) is 17.8 Å². The Kier molecular flexibility index (Phi) is 4.33. The Morgan fingerprint density at radius 3 is 2.77 bits per heavy atom. The molecule has 2 aromatic rings. The molecule has 0 aromatic carbocycles. The van der Waals surface area contributed by atoms with E-state index in [1.807, 2.05) is 19.1 Å². The molecule has 7 nitrogen and oxygen atoms in total.